The molecule has 2 rings (SSSR count). The zero-order valence-electron chi connectivity index (χ0n) is 13.6. The average Bonchev–Trinajstić information content (AvgIpc) is 2.59. The first-order valence-corrected chi connectivity index (χ1v) is 7.46. The quantitative estimate of drug-likeness (QED) is 0.853. The van der Waals surface area contributed by atoms with E-state index < -0.39 is 11.7 Å². The van der Waals surface area contributed by atoms with Crippen molar-refractivity contribution >= 4 is 23.6 Å². The second-order valence-corrected chi connectivity index (χ2v) is 5.32. The Morgan fingerprint density at radius 1 is 1.24 bits per heavy atom. The minimum absolute atomic E-state index is 0.160. The summed E-state index contributed by atoms with van der Waals surface area (Å²) >= 11 is 0. The van der Waals surface area contributed by atoms with E-state index in [1.54, 1.807) is 36.4 Å². The van der Waals surface area contributed by atoms with Gasteiger partial charge in [-0.1, -0.05) is 18.2 Å². The van der Waals surface area contributed by atoms with E-state index in [4.69, 9.17) is 5.26 Å². The summed E-state index contributed by atoms with van der Waals surface area (Å²) in [6.45, 7) is -0.160. The van der Waals surface area contributed by atoms with Crippen LogP contribution in [-0.2, 0) is 9.59 Å². The number of carbonyl (C=O) groups is 2. The first kappa shape index (κ1) is 17.9. The number of nitriles is 1. The van der Waals surface area contributed by atoms with Gasteiger partial charge in [0.05, 0.1) is 18.2 Å². The van der Waals surface area contributed by atoms with Crippen LogP contribution in [-0.4, -0.2) is 30.3 Å². The van der Waals surface area contributed by atoms with Crippen LogP contribution in [0.2, 0.25) is 0 Å². The van der Waals surface area contributed by atoms with Crippen molar-refractivity contribution in [3.05, 3.63) is 71.6 Å². The fourth-order valence-corrected chi connectivity index (χ4v) is 2.02. The number of nitrogens with zero attached hydrogens (tertiary/aromatic N) is 2. The molecule has 0 aliphatic rings. The van der Waals surface area contributed by atoms with Crippen molar-refractivity contribution in [2.75, 3.05) is 18.9 Å². The third-order valence-electron chi connectivity index (χ3n) is 3.32. The lowest BCUT2D eigenvalue weighted by molar-refractivity contribution is -0.129. The molecular weight excluding hydrogens is 321 g/mol. The van der Waals surface area contributed by atoms with E-state index in [1.807, 2.05) is 6.07 Å². The molecule has 6 heteroatoms. The van der Waals surface area contributed by atoms with Crippen LogP contribution >= 0.6 is 0 Å². The van der Waals surface area contributed by atoms with Crippen molar-refractivity contribution in [2.45, 2.75) is 0 Å². The van der Waals surface area contributed by atoms with E-state index in [2.05, 4.69) is 5.32 Å². The van der Waals surface area contributed by atoms with E-state index in [-0.39, 0.29) is 12.5 Å². The number of carbonyl (C=O) groups excluding carboxylic acids is 2. The molecule has 0 saturated carbocycles. The first-order chi connectivity index (χ1) is 12.0. The molecule has 0 aromatic heterocycles. The molecule has 0 aliphatic carbocycles. The summed E-state index contributed by atoms with van der Waals surface area (Å²) in [6.07, 6.45) is 2.95. The number of likely N-dealkylation sites (N-methyl/N-ethyl adjacent to an activating group) is 1. The van der Waals surface area contributed by atoms with Crippen LogP contribution in [0.4, 0.5) is 10.1 Å². The largest absolute Gasteiger partial charge is 0.333 e. The second-order valence-electron chi connectivity index (χ2n) is 5.32. The van der Waals surface area contributed by atoms with Crippen molar-refractivity contribution < 1.29 is 14.0 Å². The second kappa shape index (κ2) is 8.41. The van der Waals surface area contributed by atoms with Gasteiger partial charge in [-0.2, -0.15) is 5.26 Å². The van der Waals surface area contributed by atoms with Gasteiger partial charge in [0.25, 0.3) is 0 Å². The number of benzene rings is 2. The van der Waals surface area contributed by atoms with Gasteiger partial charge < -0.3 is 10.2 Å². The Hall–Kier alpha value is -3.46. The topological polar surface area (TPSA) is 73.2 Å². The Kier molecular flexibility index (Phi) is 6.02. The van der Waals surface area contributed by atoms with Crippen LogP contribution in [0.3, 0.4) is 0 Å². The van der Waals surface area contributed by atoms with E-state index in [9.17, 15) is 14.0 Å². The smallest absolute Gasteiger partial charge is 0.246 e. The van der Waals surface area contributed by atoms with E-state index in [1.165, 1.54) is 36.2 Å². The highest BCUT2D eigenvalue weighted by Crippen LogP contribution is 2.09. The molecule has 1 N–H and O–H groups in total. The average molecular weight is 337 g/mol. The summed E-state index contributed by atoms with van der Waals surface area (Å²) in [5.41, 5.74) is 1.64. The Bertz CT molecular complexity index is 838. The number of rotatable bonds is 5. The normalized spacial score (nSPS) is 10.3. The number of amides is 2. The molecular formula is C19H16FN3O2. The molecule has 25 heavy (non-hydrogen) atoms. The fraction of sp³-hybridized carbons (Fsp3) is 0.105. The van der Waals surface area contributed by atoms with E-state index in [0.29, 0.717) is 11.3 Å². The summed E-state index contributed by atoms with van der Waals surface area (Å²) in [4.78, 5) is 25.2. The fourth-order valence-electron chi connectivity index (χ4n) is 2.02. The monoisotopic (exact) mass is 337 g/mol. The van der Waals surface area contributed by atoms with E-state index in [0.717, 1.165) is 5.56 Å². The van der Waals surface area contributed by atoms with Gasteiger partial charge in [-0.05, 0) is 42.0 Å². The van der Waals surface area contributed by atoms with Crippen LogP contribution in [0.25, 0.3) is 6.08 Å². The van der Waals surface area contributed by atoms with Gasteiger partial charge in [0.1, 0.15) is 5.82 Å². The summed E-state index contributed by atoms with van der Waals surface area (Å²) in [7, 11) is 1.50. The molecule has 0 aliphatic heterocycles. The van der Waals surface area contributed by atoms with Gasteiger partial charge in [-0.25, -0.2) is 4.39 Å². The molecule has 0 bridgehead atoms. The van der Waals surface area contributed by atoms with Crippen molar-refractivity contribution in [1.29, 1.82) is 5.26 Å². The maximum Gasteiger partial charge on any atom is 0.246 e. The predicted octanol–water partition coefficient (Wildman–Crippen LogP) is 2.81. The molecule has 2 amide bonds. The molecule has 126 valence electrons. The molecule has 0 spiro atoms. The Morgan fingerprint density at radius 2 is 1.96 bits per heavy atom. The van der Waals surface area contributed by atoms with Crippen LogP contribution in [0.1, 0.15) is 11.1 Å². The Balaban J connectivity index is 1.89. The summed E-state index contributed by atoms with van der Waals surface area (Å²) in [6, 6.07) is 14.3. The number of hydrogen-bond acceptors (Lipinski definition) is 3. The lowest BCUT2D eigenvalue weighted by atomic mass is 10.1. The highest BCUT2D eigenvalue weighted by Gasteiger charge is 2.11. The lowest BCUT2D eigenvalue weighted by Crippen LogP contribution is -2.33. The third-order valence-corrected chi connectivity index (χ3v) is 3.32. The maximum atomic E-state index is 13.1. The zero-order valence-corrected chi connectivity index (χ0v) is 13.6. The van der Waals surface area contributed by atoms with Gasteiger partial charge in [-0.3, -0.25) is 9.59 Å². The van der Waals surface area contributed by atoms with Crippen molar-refractivity contribution in [2.24, 2.45) is 0 Å². The molecule has 0 heterocycles. The van der Waals surface area contributed by atoms with Crippen LogP contribution in [0.15, 0.2) is 54.6 Å². The third kappa shape index (κ3) is 5.59. The first-order valence-electron chi connectivity index (χ1n) is 7.46. The predicted molar refractivity (Wildman–Crippen MR) is 92.9 cm³/mol. The minimum atomic E-state index is -0.451. The molecule has 0 atom stereocenters. The van der Waals surface area contributed by atoms with Crippen LogP contribution in [0, 0.1) is 17.1 Å². The summed E-state index contributed by atoms with van der Waals surface area (Å²) in [5, 5.41) is 11.3. The van der Waals surface area contributed by atoms with Crippen molar-refractivity contribution in [1.82, 2.24) is 4.90 Å². The maximum absolute atomic E-state index is 13.1. The van der Waals surface area contributed by atoms with Gasteiger partial charge in [-0.15, -0.1) is 0 Å². The lowest BCUT2D eigenvalue weighted by Gasteiger charge is -2.14. The molecule has 2 aromatic rings. The molecule has 5 nitrogen and oxygen atoms in total. The highest BCUT2D eigenvalue weighted by atomic mass is 19.1. The molecule has 0 radical (unpaired) electrons. The van der Waals surface area contributed by atoms with Gasteiger partial charge >= 0.3 is 0 Å². The van der Waals surface area contributed by atoms with Gasteiger partial charge in [0.15, 0.2) is 0 Å². The summed E-state index contributed by atoms with van der Waals surface area (Å²) < 4.78 is 13.1. The molecule has 0 fully saturated rings. The molecule has 0 unspecified atom stereocenters. The summed E-state index contributed by atoms with van der Waals surface area (Å²) in [5.74, 6) is -1.22. The highest BCUT2D eigenvalue weighted by molar-refractivity contribution is 5.97. The molecule has 0 saturated heterocycles. The van der Waals surface area contributed by atoms with Crippen molar-refractivity contribution in [3.8, 4) is 6.07 Å². The van der Waals surface area contributed by atoms with E-state index >= 15 is 0 Å². The van der Waals surface area contributed by atoms with Gasteiger partial charge in [0, 0.05) is 18.8 Å². The molecule has 2 aromatic carbocycles. The van der Waals surface area contributed by atoms with Crippen molar-refractivity contribution in [3.63, 3.8) is 0 Å². The van der Waals surface area contributed by atoms with Gasteiger partial charge in [0.2, 0.25) is 11.8 Å². The van der Waals surface area contributed by atoms with Crippen LogP contribution < -0.4 is 5.32 Å². The standard InChI is InChI=1S/C19H16FN3O2/c1-23(13-18(24)22-17-4-2-3-16(20)11-17)19(25)10-9-14-5-7-15(12-21)8-6-14/h2-11H,13H2,1H3,(H,22,24)/b10-9+. The Morgan fingerprint density at radius 3 is 2.60 bits per heavy atom. The number of nitrogens with one attached hydrogen (secondary N) is 1. The minimum Gasteiger partial charge on any atom is -0.333 e. The number of hydrogen-bond donors (Lipinski definition) is 1. The van der Waals surface area contributed by atoms with Crippen LogP contribution in [0.5, 0.6) is 0 Å². The Labute approximate surface area is 145 Å². The number of anilines is 1. The number of halogens is 1. The SMILES string of the molecule is CN(CC(=O)Nc1cccc(F)c1)C(=O)/C=C/c1ccc(C#N)cc1. The zero-order chi connectivity index (χ0) is 18.2.